The molecule has 1 unspecified atom stereocenters. The molecule has 0 amide bonds. The Hall–Kier alpha value is -2.87. The largest absolute Gasteiger partial charge is 0.492 e. The number of methoxy groups -OCH3 is 1. The molecule has 0 fully saturated rings. The highest BCUT2D eigenvalue weighted by atomic mass is 19.1. The average Bonchev–Trinajstić information content (AvgIpc) is 3.04. The lowest BCUT2D eigenvalue weighted by molar-refractivity contribution is 0.110. The molecule has 8 heteroatoms. The molecule has 7 nitrogen and oxygen atoms in total. The van der Waals surface area contributed by atoms with E-state index in [1.54, 1.807) is 4.52 Å². The summed E-state index contributed by atoms with van der Waals surface area (Å²) in [5, 5.41) is 10.7. The number of nitrogens with one attached hydrogen (secondary N) is 2. The van der Waals surface area contributed by atoms with Gasteiger partial charge in [0.05, 0.1) is 32.2 Å². The van der Waals surface area contributed by atoms with E-state index >= 15 is 0 Å². The van der Waals surface area contributed by atoms with Gasteiger partial charge in [0.15, 0.2) is 17.2 Å². The van der Waals surface area contributed by atoms with E-state index in [1.165, 1.54) is 13.2 Å². The van der Waals surface area contributed by atoms with Crippen LogP contribution in [-0.2, 0) is 11.3 Å². The van der Waals surface area contributed by atoms with Gasteiger partial charge in [-0.15, -0.1) is 0 Å². The van der Waals surface area contributed by atoms with Crippen molar-refractivity contribution in [1.29, 1.82) is 0 Å². The number of hydrogen-bond acceptors (Lipinski definition) is 6. The number of rotatable bonds is 2. The van der Waals surface area contributed by atoms with Crippen LogP contribution < -0.4 is 15.4 Å². The number of nitrogens with zero attached hydrogens (tertiary/aromatic N) is 3. The summed E-state index contributed by atoms with van der Waals surface area (Å²) in [4.78, 5) is 4.68. The summed E-state index contributed by atoms with van der Waals surface area (Å²) >= 11 is 0. The maximum Gasteiger partial charge on any atom is 0.178 e. The van der Waals surface area contributed by atoms with Gasteiger partial charge in [-0.05, 0) is 17.7 Å². The van der Waals surface area contributed by atoms with Crippen LogP contribution in [0.25, 0.3) is 5.65 Å². The Kier molecular flexibility index (Phi) is 4.12. The number of ether oxygens (including phenoxy) is 2. The van der Waals surface area contributed by atoms with Gasteiger partial charge in [0.25, 0.3) is 0 Å². The molecule has 3 aromatic rings. The van der Waals surface area contributed by atoms with Gasteiger partial charge in [-0.2, -0.15) is 9.61 Å². The number of benzene rings is 1. The second kappa shape index (κ2) is 6.45. The van der Waals surface area contributed by atoms with E-state index in [1.807, 2.05) is 25.4 Å². The fraction of sp³-hybridized carbons (Fsp3) is 0.333. The highest BCUT2D eigenvalue weighted by Crippen LogP contribution is 2.34. The molecule has 4 bridgehead atoms. The highest BCUT2D eigenvalue weighted by Gasteiger charge is 2.19. The van der Waals surface area contributed by atoms with E-state index in [0.717, 1.165) is 22.6 Å². The van der Waals surface area contributed by atoms with Gasteiger partial charge in [0, 0.05) is 24.6 Å². The van der Waals surface area contributed by atoms with Crippen LogP contribution in [0, 0.1) is 5.82 Å². The third-order valence-corrected chi connectivity index (χ3v) is 4.49. The van der Waals surface area contributed by atoms with Crippen molar-refractivity contribution in [2.45, 2.75) is 19.4 Å². The van der Waals surface area contributed by atoms with Crippen molar-refractivity contribution in [3.05, 3.63) is 41.3 Å². The first-order valence-corrected chi connectivity index (χ1v) is 8.38. The minimum atomic E-state index is -0.443. The minimum absolute atomic E-state index is 0.0990. The van der Waals surface area contributed by atoms with Gasteiger partial charge >= 0.3 is 0 Å². The molecule has 2 N–H and O–H groups in total. The summed E-state index contributed by atoms with van der Waals surface area (Å²) in [7, 11) is 3.26. The molecule has 2 aromatic heterocycles. The van der Waals surface area contributed by atoms with Gasteiger partial charge < -0.3 is 20.1 Å². The molecule has 0 saturated carbocycles. The molecular formula is C18H20FN5O2. The third-order valence-electron chi connectivity index (χ3n) is 4.49. The molecule has 136 valence electrons. The van der Waals surface area contributed by atoms with E-state index in [4.69, 9.17) is 9.47 Å². The van der Waals surface area contributed by atoms with Crippen molar-refractivity contribution in [2.75, 3.05) is 31.4 Å². The summed E-state index contributed by atoms with van der Waals surface area (Å²) in [6.07, 6.45) is 1.81. The Morgan fingerprint density at radius 3 is 3.00 bits per heavy atom. The molecule has 1 aliphatic heterocycles. The van der Waals surface area contributed by atoms with E-state index in [-0.39, 0.29) is 11.7 Å². The molecule has 1 aliphatic rings. The lowest BCUT2D eigenvalue weighted by atomic mass is 10.1. The summed E-state index contributed by atoms with van der Waals surface area (Å²) in [5.74, 6) is 1.14. The zero-order chi connectivity index (χ0) is 18.3. The molecule has 0 saturated heterocycles. The van der Waals surface area contributed by atoms with Crippen LogP contribution in [0.4, 0.5) is 21.7 Å². The van der Waals surface area contributed by atoms with E-state index in [0.29, 0.717) is 24.7 Å². The monoisotopic (exact) mass is 357 g/mol. The lowest BCUT2D eigenvalue weighted by Gasteiger charge is -2.17. The first kappa shape index (κ1) is 16.6. The van der Waals surface area contributed by atoms with E-state index in [9.17, 15) is 4.39 Å². The van der Waals surface area contributed by atoms with Gasteiger partial charge in [-0.1, -0.05) is 6.92 Å². The van der Waals surface area contributed by atoms with Crippen molar-refractivity contribution in [1.82, 2.24) is 14.6 Å². The van der Waals surface area contributed by atoms with Crippen LogP contribution in [0.3, 0.4) is 0 Å². The van der Waals surface area contributed by atoms with E-state index < -0.39 is 5.82 Å². The Labute approximate surface area is 150 Å². The Morgan fingerprint density at radius 1 is 1.38 bits per heavy atom. The molecule has 3 heterocycles. The number of aromatic nitrogens is 3. The molecule has 0 radical (unpaired) electrons. The van der Waals surface area contributed by atoms with Crippen LogP contribution in [-0.4, -0.2) is 35.4 Å². The highest BCUT2D eigenvalue weighted by molar-refractivity contribution is 5.70. The Bertz CT molecular complexity index is 972. The molecule has 1 aromatic carbocycles. The van der Waals surface area contributed by atoms with Crippen molar-refractivity contribution in [3.63, 3.8) is 0 Å². The second-order valence-electron chi connectivity index (χ2n) is 6.31. The zero-order valence-electron chi connectivity index (χ0n) is 14.8. The predicted molar refractivity (Wildman–Crippen MR) is 96.8 cm³/mol. The standard InChI is InChI=1S/C18H20FN5O2/c1-10-8-26-9-11-4-13(19)17(25-3)14(5-11)22-15-6-16(20-2)24-18(23-15)12(10)7-21-24/h4-7,10,20H,8-9H2,1-3H3,(H,22,23). The van der Waals surface area contributed by atoms with Crippen LogP contribution >= 0.6 is 0 Å². The van der Waals surface area contributed by atoms with Gasteiger partial charge in [-0.3, -0.25) is 0 Å². The molecule has 0 aliphatic carbocycles. The molecular weight excluding hydrogens is 337 g/mol. The zero-order valence-corrected chi connectivity index (χ0v) is 14.8. The van der Waals surface area contributed by atoms with Gasteiger partial charge in [-0.25, -0.2) is 9.37 Å². The quantitative estimate of drug-likeness (QED) is 0.733. The number of halogens is 1. The number of fused-ring (bicyclic) bond motifs is 3. The predicted octanol–water partition coefficient (Wildman–Crippen LogP) is 3.30. The van der Waals surface area contributed by atoms with Gasteiger partial charge in [0.2, 0.25) is 0 Å². The van der Waals surface area contributed by atoms with Crippen LogP contribution in [0.2, 0.25) is 0 Å². The number of anilines is 3. The lowest BCUT2D eigenvalue weighted by Crippen LogP contribution is -2.09. The van der Waals surface area contributed by atoms with Crippen LogP contribution in [0.15, 0.2) is 24.4 Å². The summed E-state index contributed by atoms with van der Waals surface area (Å²) in [6.45, 7) is 2.86. The normalized spacial score (nSPS) is 16.7. The maximum absolute atomic E-state index is 14.4. The Morgan fingerprint density at radius 2 is 2.23 bits per heavy atom. The maximum atomic E-state index is 14.4. The van der Waals surface area contributed by atoms with Crippen molar-refractivity contribution < 1.29 is 13.9 Å². The molecule has 1 atom stereocenters. The smallest absolute Gasteiger partial charge is 0.178 e. The summed E-state index contributed by atoms with van der Waals surface area (Å²) in [5.41, 5.74) is 2.95. The number of hydrogen-bond donors (Lipinski definition) is 2. The SMILES string of the molecule is CNc1cc2nc3c(cnn13)C(C)COCc1cc(F)c(OC)c(c1)N2. The van der Waals surface area contributed by atoms with E-state index in [2.05, 4.69) is 27.6 Å². The molecule has 26 heavy (non-hydrogen) atoms. The van der Waals surface area contributed by atoms with Crippen LogP contribution in [0.1, 0.15) is 24.0 Å². The summed E-state index contributed by atoms with van der Waals surface area (Å²) < 4.78 is 27.2. The first-order valence-electron chi connectivity index (χ1n) is 8.38. The fourth-order valence-electron chi connectivity index (χ4n) is 3.18. The Balaban J connectivity index is 1.93. The minimum Gasteiger partial charge on any atom is -0.492 e. The molecule has 4 rings (SSSR count). The van der Waals surface area contributed by atoms with Crippen molar-refractivity contribution >= 4 is 23.0 Å². The topological polar surface area (TPSA) is 72.7 Å². The molecule has 0 spiro atoms. The summed E-state index contributed by atoms with van der Waals surface area (Å²) in [6, 6.07) is 5.07. The third kappa shape index (κ3) is 2.72. The first-order chi connectivity index (χ1) is 12.6. The van der Waals surface area contributed by atoms with Crippen molar-refractivity contribution in [3.8, 4) is 5.75 Å². The van der Waals surface area contributed by atoms with Crippen molar-refractivity contribution in [2.24, 2.45) is 0 Å². The second-order valence-corrected chi connectivity index (χ2v) is 6.31. The van der Waals surface area contributed by atoms with Gasteiger partial charge in [0.1, 0.15) is 11.6 Å². The van der Waals surface area contributed by atoms with Crippen LogP contribution in [0.5, 0.6) is 5.75 Å². The fourth-order valence-corrected chi connectivity index (χ4v) is 3.18. The average molecular weight is 357 g/mol.